The van der Waals surface area contributed by atoms with Gasteiger partial charge in [0, 0.05) is 6.54 Å². The zero-order chi connectivity index (χ0) is 12.3. The summed E-state index contributed by atoms with van der Waals surface area (Å²) in [5, 5.41) is 13.2. The van der Waals surface area contributed by atoms with Gasteiger partial charge in [0.1, 0.15) is 0 Å². The van der Waals surface area contributed by atoms with Gasteiger partial charge in [0.05, 0.1) is 6.10 Å². The lowest BCUT2D eigenvalue weighted by Gasteiger charge is -2.28. The van der Waals surface area contributed by atoms with Crippen LogP contribution in [0.2, 0.25) is 0 Å². The minimum absolute atomic E-state index is 0.0409. The predicted molar refractivity (Wildman–Crippen MR) is 74.2 cm³/mol. The maximum atomic E-state index is 9.83. The second-order valence-corrected chi connectivity index (χ2v) is 5.58. The molecule has 17 heavy (non-hydrogen) atoms. The highest BCUT2D eigenvalue weighted by molar-refractivity contribution is 4.76. The summed E-state index contributed by atoms with van der Waals surface area (Å²) in [5.41, 5.74) is 0. The van der Waals surface area contributed by atoms with Crippen LogP contribution in [-0.4, -0.2) is 24.3 Å². The number of aliphatic hydroxyl groups excluding tert-OH is 1. The first kappa shape index (κ1) is 15.0. The molecule has 1 aliphatic rings. The van der Waals surface area contributed by atoms with Crippen LogP contribution in [0.25, 0.3) is 0 Å². The lowest BCUT2D eigenvalue weighted by molar-refractivity contribution is 0.0731. The van der Waals surface area contributed by atoms with Crippen LogP contribution in [0, 0.1) is 5.92 Å². The van der Waals surface area contributed by atoms with Crippen molar-refractivity contribution in [3.05, 3.63) is 0 Å². The van der Waals surface area contributed by atoms with E-state index in [1.807, 2.05) is 0 Å². The monoisotopic (exact) mass is 241 g/mol. The molecule has 2 N–H and O–H groups in total. The molecule has 0 aromatic carbocycles. The van der Waals surface area contributed by atoms with Crippen LogP contribution in [0.5, 0.6) is 0 Å². The lowest BCUT2D eigenvalue weighted by atomic mass is 9.90. The first-order chi connectivity index (χ1) is 8.34. The van der Waals surface area contributed by atoms with E-state index >= 15 is 0 Å². The third-order valence-corrected chi connectivity index (χ3v) is 4.00. The molecule has 2 atom stereocenters. The fourth-order valence-corrected chi connectivity index (χ4v) is 2.74. The Balaban J connectivity index is 1.86. The third-order valence-electron chi connectivity index (χ3n) is 4.00. The predicted octanol–water partition coefficient (Wildman–Crippen LogP) is 3.49. The fourth-order valence-electron chi connectivity index (χ4n) is 2.74. The lowest BCUT2D eigenvalue weighted by Crippen LogP contribution is -2.39. The summed E-state index contributed by atoms with van der Waals surface area (Å²) >= 11 is 0. The molecule has 0 bridgehead atoms. The van der Waals surface area contributed by atoms with Crippen molar-refractivity contribution < 1.29 is 5.11 Å². The Bertz CT molecular complexity index is 172. The van der Waals surface area contributed by atoms with Crippen molar-refractivity contribution in [1.29, 1.82) is 0 Å². The van der Waals surface area contributed by atoms with E-state index in [-0.39, 0.29) is 6.10 Å². The van der Waals surface area contributed by atoms with Gasteiger partial charge in [-0.15, -0.1) is 0 Å². The smallest absolute Gasteiger partial charge is 0.0592 e. The Kier molecular flexibility index (Phi) is 8.72. The molecule has 2 heteroatoms. The molecule has 0 amide bonds. The first-order valence-electron chi connectivity index (χ1n) is 7.73. The van der Waals surface area contributed by atoms with E-state index in [1.54, 1.807) is 0 Å². The van der Waals surface area contributed by atoms with Gasteiger partial charge in [0.25, 0.3) is 0 Å². The van der Waals surface area contributed by atoms with Crippen LogP contribution in [0.3, 0.4) is 0 Å². The maximum Gasteiger partial charge on any atom is 0.0592 e. The van der Waals surface area contributed by atoms with Crippen LogP contribution < -0.4 is 5.32 Å². The van der Waals surface area contributed by atoms with E-state index in [9.17, 15) is 5.11 Å². The van der Waals surface area contributed by atoms with Crippen LogP contribution in [-0.2, 0) is 0 Å². The van der Waals surface area contributed by atoms with Crippen LogP contribution in [0.1, 0.15) is 71.1 Å². The largest absolute Gasteiger partial charge is 0.393 e. The summed E-state index contributed by atoms with van der Waals surface area (Å²) in [6.45, 7) is 4.29. The molecule has 2 nitrogen and oxygen atoms in total. The second-order valence-electron chi connectivity index (χ2n) is 5.58. The summed E-state index contributed by atoms with van der Waals surface area (Å²) < 4.78 is 0. The van der Waals surface area contributed by atoms with E-state index in [0.29, 0.717) is 5.92 Å². The van der Waals surface area contributed by atoms with Crippen molar-refractivity contribution in [2.75, 3.05) is 13.1 Å². The van der Waals surface area contributed by atoms with Crippen LogP contribution in [0.15, 0.2) is 0 Å². The third kappa shape index (κ3) is 7.05. The fraction of sp³-hybridized carbons (Fsp3) is 1.00. The first-order valence-corrected chi connectivity index (χ1v) is 7.73. The molecular weight excluding hydrogens is 210 g/mol. The molecule has 0 aromatic heterocycles. The van der Waals surface area contributed by atoms with Crippen molar-refractivity contribution in [3.63, 3.8) is 0 Å². The Morgan fingerprint density at radius 2 is 1.65 bits per heavy atom. The zero-order valence-electron chi connectivity index (χ0n) is 11.6. The van der Waals surface area contributed by atoms with Gasteiger partial charge in [-0.05, 0) is 25.3 Å². The van der Waals surface area contributed by atoms with Gasteiger partial charge in [-0.1, -0.05) is 58.3 Å². The number of nitrogens with one attached hydrogen (secondary N) is 1. The molecule has 0 saturated carbocycles. The number of unbranched alkanes of at least 4 members (excludes halogenated alkanes) is 7. The van der Waals surface area contributed by atoms with E-state index in [4.69, 9.17) is 0 Å². The van der Waals surface area contributed by atoms with E-state index < -0.39 is 0 Å². The molecule has 0 aliphatic carbocycles. The molecule has 0 spiro atoms. The zero-order valence-corrected chi connectivity index (χ0v) is 11.6. The van der Waals surface area contributed by atoms with E-state index in [1.165, 1.54) is 57.8 Å². The molecule has 0 aromatic rings. The molecular formula is C15H31NO. The van der Waals surface area contributed by atoms with Gasteiger partial charge in [0.15, 0.2) is 0 Å². The Morgan fingerprint density at radius 1 is 1.00 bits per heavy atom. The van der Waals surface area contributed by atoms with Crippen LogP contribution in [0.4, 0.5) is 0 Å². The highest BCUT2D eigenvalue weighted by atomic mass is 16.3. The summed E-state index contributed by atoms with van der Waals surface area (Å²) in [6, 6.07) is 0. The quantitative estimate of drug-likeness (QED) is 0.606. The van der Waals surface area contributed by atoms with Gasteiger partial charge in [0.2, 0.25) is 0 Å². The van der Waals surface area contributed by atoms with Gasteiger partial charge >= 0.3 is 0 Å². The Morgan fingerprint density at radius 3 is 2.29 bits per heavy atom. The summed E-state index contributed by atoms with van der Waals surface area (Å²) in [7, 11) is 0. The number of hydrogen-bond acceptors (Lipinski definition) is 2. The Hall–Kier alpha value is -0.0800. The van der Waals surface area contributed by atoms with Crippen molar-refractivity contribution in [3.8, 4) is 0 Å². The minimum atomic E-state index is -0.0409. The molecule has 0 radical (unpaired) electrons. The standard InChI is InChI=1S/C15H31NO/c1-2-3-4-5-6-7-8-9-10-14-13-16-12-11-15(14)17/h14-17H,2-13H2,1H3. The topological polar surface area (TPSA) is 32.3 Å². The summed E-state index contributed by atoms with van der Waals surface area (Å²) in [6.07, 6.45) is 13.2. The van der Waals surface area contributed by atoms with Gasteiger partial charge < -0.3 is 10.4 Å². The van der Waals surface area contributed by atoms with Gasteiger partial charge in [-0.2, -0.15) is 0 Å². The van der Waals surface area contributed by atoms with Crippen molar-refractivity contribution >= 4 is 0 Å². The van der Waals surface area contributed by atoms with E-state index in [2.05, 4.69) is 12.2 Å². The number of rotatable bonds is 9. The molecule has 2 unspecified atom stereocenters. The molecule has 102 valence electrons. The molecule has 1 rings (SSSR count). The average molecular weight is 241 g/mol. The average Bonchev–Trinajstić information content (AvgIpc) is 2.35. The summed E-state index contributed by atoms with van der Waals surface area (Å²) in [4.78, 5) is 0. The van der Waals surface area contributed by atoms with E-state index in [0.717, 1.165) is 19.5 Å². The molecule has 1 aliphatic heterocycles. The van der Waals surface area contributed by atoms with Crippen molar-refractivity contribution in [1.82, 2.24) is 5.32 Å². The van der Waals surface area contributed by atoms with Crippen molar-refractivity contribution in [2.45, 2.75) is 77.2 Å². The number of hydrogen-bond donors (Lipinski definition) is 2. The molecule has 1 saturated heterocycles. The molecule has 1 fully saturated rings. The number of aliphatic hydroxyl groups is 1. The maximum absolute atomic E-state index is 9.83. The highest BCUT2D eigenvalue weighted by Gasteiger charge is 2.21. The summed E-state index contributed by atoms with van der Waals surface area (Å²) in [5.74, 6) is 0.517. The highest BCUT2D eigenvalue weighted by Crippen LogP contribution is 2.19. The molecule has 1 heterocycles. The second kappa shape index (κ2) is 9.90. The van der Waals surface area contributed by atoms with Gasteiger partial charge in [-0.25, -0.2) is 0 Å². The SMILES string of the molecule is CCCCCCCCCCC1CNCCC1O. The Labute approximate surface area is 107 Å². The van der Waals surface area contributed by atoms with Crippen molar-refractivity contribution in [2.24, 2.45) is 5.92 Å². The van der Waals surface area contributed by atoms with Crippen LogP contribution >= 0.6 is 0 Å². The minimum Gasteiger partial charge on any atom is -0.393 e. The normalized spacial score (nSPS) is 25.1. The number of piperidine rings is 1. The van der Waals surface area contributed by atoms with Gasteiger partial charge in [-0.3, -0.25) is 0 Å².